The van der Waals surface area contributed by atoms with Gasteiger partial charge < -0.3 is 20.7 Å². The predicted octanol–water partition coefficient (Wildman–Crippen LogP) is 4.24. The topological polar surface area (TPSA) is 75.7 Å². The van der Waals surface area contributed by atoms with Crippen LogP contribution in [-0.4, -0.2) is 10.2 Å². The summed E-state index contributed by atoms with van der Waals surface area (Å²) < 4.78 is 5.93. The molecule has 4 heteroatoms. The minimum atomic E-state index is -0.00826. The average molecular weight is 319 g/mol. The maximum atomic E-state index is 10.1. The van der Waals surface area contributed by atoms with E-state index in [1.54, 1.807) is 0 Å². The number of rotatable bonds is 1. The second-order valence-corrected chi connectivity index (χ2v) is 5.99. The van der Waals surface area contributed by atoms with Crippen LogP contribution in [0.5, 0.6) is 23.0 Å². The normalized spacial score (nSPS) is 12.7. The minimum absolute atomic E-state index is 0.00826. The number of phenolic OH excluding ortho intramolecular Hbond substituents is 2. The molecule has 0 unspecified atom stereocenters. The molecular weight excluding hydrogens is 302 g/mol. The van der Waals surface area contributed by atoms with Gasteiger partial charge in [0.1, 0.15) is 23.0 Å². The molecule has 0 radical (unpaired) electrons. The van der Waals surface area contributed by atoms with Gasteiger partial charge >= 0.3 is 0 Å². The van der Waals surface area contributed by atoms with E-state index in [1.165, 1.54) is 12.1 Å². The molecule has 0 amide bonds. The molecule has 0 aliphatic carbocycles. The first kappa shape index (κ1) is 14.5. The molecule has 0 atom stereocenters. The fourth-order valence-corrected chi connectivity index (χ4v) is 3.11. The molecule has 0 fully saturated rings. The van der Waals surface area contributed by atoms with Crippen molar-refractivity contribution in [3.8, 4) is 34.1 Å². The molecule has 120 valence electrons. The molecule has 3 aromatic rings. The van der Waals surface area contributed by atoms with Crippen molar-refractivity contribution in [1.82, 2.24) is 0 Å². The number of aromatic hydroxyl groups is 2. The Morgan fingerprint density at radius 3 is 2.50 bits per heavy atom. The van der Waals surface area contributed by atoms with Crippen LogP contribution in [0.25, 0.3) is 11.1 Å². The minimum Gasteiger partial charge on any atom is -0.508 e. The number of fused-ring (bicyclic) bond motifs is 2. The van der Waals surface area contributed by atoms with Crippen LogP contribution in [-0.2, 0) is 12.8 Å². The fraction of sp³-hybridized carbons (Fsp3) is 0.100. The van der Waals surface area contributed by atoms with Gasteiger partial charge in [0, 0.05) is 23.4 Å². The van der Waals surface area contributed by atoms with Gasteiger partial charge in [0.15, 0.2) is 0 Å². The fourth-order valence-electron chi connectivity index (χ4n) is 3.11. The average Bonchev–Trinajstić information content (AvgIpc) is 2.73. The Morgan fingerprint density at radius 1 is 0.833 bits per heavy atom. The van der Waals surface area contributed by atoms with E-state index < -0.39 is 0 Å². The second-order valence-electron chi connectivity index (χ2n) is 5.99. The van der Waals surface area contributed by atoms with E-state index in [4.69, 9.17) is 10.5 Å². The number of hydrogen-bond acceptors (Lipinski definition) is 4. The summed E-state index contributed by atoms with van der Waals surface area (Å²) in [6.07, 6.45) is 1.39. The molecule has 4 N–H and O–H groups in total. The first-order chi connectivity index (χ1) is 11.6. The molecule has 3 aromatic carbocycles. The van der Waals surface area contributed by atoms with E-state index >= 15 is 0 Å². The highest BCUT2D eigenvalue weighted by Crippen LogP contribution is 2.41. The van der Waals surface area contributed by atoms with Gasteiger partial charge in [-0.1, -0.05) is 18.2 Å². The highest BCUT2D eigenvalue weighted by Gasteiger charge is 2.19. The number of ether oxygens (including phenoxy) is 1. The van der Waals surface area contributed by atoms with Gasteiger partial charge in [-0.05, 0) is 53.8 Å². The summed E-state index contributed by atoms with van der Waals surface area (Å²) in [6, 6.07) is 16.6. The van der Waals surface area contributed by atoms with E-state index in [1.807, 2.05) is 36.4 Å². The van der Waals surface area contributed by atoms with Crippen LogP contribution >= 0.6 is 0 Å². The summed E-state index contributed by atoms with van der Waals surface area (Å²) in [4.78, 5) is 0. The summed E-state index contributed by atoms with van der Waals surface area (Å²) in [5, 5.41) is 19.7. The monoisotopic (exact) mass is 319 g/mol. The molecule has 0 aromatic heterocycles. The lowest BCUT2D eigenvalue weighted by molar-refractivity contribution is 0.427. The third-order valence-corrected chi connectivity index (χ3v) is 4.31. The van der Waals surface area contributed by atoms with Crippen LogP contribution < -0.4 is 10.5 Å². The summed E-state index contributed by atoms with van der Waals surface area (Å²) in [7, 11) is 0. The largest absolute Gasteiger partial charge is 0.508 e. The van der Waals surface area contributed by atoms with Crippen molar-refractivity contribution in [3.63, 3.8) is 0 Å². The van der Waals surface area contributed by atoms with Crippen molar-refractivity contribution >= 4 is 5.69 Å². The number of phenols is 2. The Bertz CT molecular complexity index is 934. The first-order valence-corrected chi connectivity index (χ1v) is 7.82. The van der Waals surface area contributed by atoms with Gasteiger partial charge in [0.25, 0.3) is 0 Å². The molecule has 24 heavy (non-hydrogen) atoms. The van der Waals surface area contributed by atoms with Crippen LogP contribution in [0.2, 0.25) is 0 Å². The number of nitrogen functional groups attached to an aromatic ring is 1. The van der Waals surface area contributed by atoms with E-state index in [0.717, 1.165) is 40.1 Å². The Kier molecular flexibility index (Phi) is 3.31. The number of aryl methyl sites for hydroxylation is 1. The highest BCUT2D eigenvalue weighted by molar-refractivity contribution is 5.69. The zero-order chi connectivity index (χ0) is 16.7. The second kappa shape index (κ2) is 5.49. The van der Waals surface area contributed by atoms with Crippen molar-refractivity contribution in [1.29, 1.82) is 0 Å². The first-order valence-electron chi connectivity index (χ1n) is 7.82. The summed E-state index contributed by atoms with van der Waals surface area (Å²) >= 11 is 0. The van der Waals surface area contributed by atoms with E-state index in [9.17, 15) is 10.2 Å². The lowest BCUT2D eigenvalue weighted by atomic mass is 9.98. The molecule has 0 saturated heterocycles. The van der Waals surface area contributed by atoms with Crippen molar-refractivity contribution in [2.45, 2.75) is 12.8 Å². The molecule has 4 rings (SSSR count). The standard InChI is InChI=1S/C20H17NO3/c21-15-3-1-2-12(9-15)13-5-7-19-14(8-13)4-6-17-18(23)10-16(22)11-20(17)24-19/h1-3,5,7-11,22-23H,4,6,21H2. The Labute approximate surface area is 139 Å². The Hall–Kier alpha value is -3.14. The molecule has 0 saturated carbocycles. The lowest BCUT2D eigenvalue weighted by Crippen LogP contribution is -1.91. The van der Waals surface area contributed by atoms with Gasteiger partial charge in [0.05, 0.1) is 0 Å². The van der Waals surface area contributed by atoms with Crippen molar-refractivity contribution < 1.29 is 14.9 Å². The highest BCUT2D eigenvalue weighted by atomic mass is 16.5. The lowest BCUT2D eigenvalue weighted by Gasteiger charge is -2.11. The number of hydrogen-bond donors (Lipinski definition) is 3. The number of nitrogens with two attached hydrogens (primary N) is 1. The molecule has 0 spiro atoms. The molecule has 0 bridgehead atoms. The molecule has 1 aliphatic rings. The van der Waals surface area contributed by atoms with E-state index in [0.29, 0.717) is 12.2 Å². The van der Waals surface area contributed by atoms with Crippen molar-refractivity contribution in [2.24, 2.45) is 0 Å². The summed E-state index contributed by atoms with van der Waals surface area (Å²) in [5.41, 5.74) is 10.5. The van der Waals surface area contributed by atoms with Crippen LogP contribution in [0, 0.1) is 0 Å². The van der Waals surface area contributed by atoms with Gasteiger partial charge in [-0.2, -0.15) is 0 Å². The third-order valence-electron chi connectivity index (χ3n) is 4.31. The van der Waals surface area contributed by atoms with Gasteiger partial charge in [0.2, 0.25) is 0 Å². The Balaban J connectivity index is 1.75. The van der Waals surface area contributed by atoms with Crippen molar-refractivity contribution in [2.75, 3.05) is 5.73 Å². The molecule has 4 nitrogen and oxygen atoms in total. The van der Waals surface area contributed by atoms with E-state index in [-0.39, 0.29) is 11.5 Å². The zero-order valence-electron chi connectivity index (χ0n) is 13.0. The smallest absolute Gasteiger partial charge is 0.138 e. The maximum Gasteiger partial charge on any atom is 0.138 e. The number of benzene rings is 3. The molecular formula is C20H17NO3. The summed E-state index contributed by atoms with van der Waals surface area (Å²) in [5.74, 6) is 1.30. The van der Waals surface area contributed by atoms with Crippen LogP contribution in [0.1, 0.15) is 11.1 Å². The maximum absolute atomic E-state index is 10.1. The molecule has 1 aliphatic heterocycles. The SMILES string of the molecule is Nc1cccc(-c2ccc3c(c2)CCc2c(O)cc(O)cc2O3)c1. The summed E-state index contributed by atoms with van der Waals surface area (Å²) in [6.45, 7) is 0. The van der Waals surface area contributed by atoms with Crippen LogP contribution in [0.4, 0.5) is 5.69 Å². The quantitative estimate of drug-likeness (QED) is 0.586. The number of anilines is 1. The van der Waals surface area contributed by atoms with Gasteiger partial charge in [-0.15, -0.1) is 0 Å². The van der Waals surface area contributed by atoms with E-state index in [2.05, 4.69) is 6.07 Å². The Morgan fingerprint density at radius 2 is 1.67 bits per heavy atom. The van der Waals surface area contributed by atoms with Crippen LogP contribution in [0.15, 0.2) is 54.6 Å². The van der Waals surface area contributed by atoms with Gasteiger partial charge in [-0.3, -0.25) is 0 Å². The van der Waals surface area contributed by atoms with Crippen molar-refractivity contribution in [3.05, 3.63) is 65.7 Å². The molecule has 1 heterocycles. The zero-order valence-corrected chi connectivity index (χ0v) is 13.0. The predicted molar refractivity (Wildman–Crippen MR) is 93.5 cm³/mol. The van der Waals surface area contributed by atoms with Gasteiger partial charge in [-0.25, -0.2) is 0 Å². The van der Waals surface area contributed by atoms with Crippen LogP contribution in [0.3, 0.4) is 0 Å². The third kappa shape index (κ3) is 2.52.